The number of nitrogens with zero attached hydrogens (tertiary/aromatic N) is 1. The number of pyridine rings is 1. The second-order valence-electron chi connectivity index (χ2n) is 9.05. The van der Waals surface area contributed by atoms with Crippen molar-refractivity contribution in [2.75, 3.05) is 6.54 Å². The summed E-state index contributed by atoms with van der Waals surface area (Å²) in [4.78, 5) is 30.3. The van der Waals surface area contributed by atoms with E-state index in [9.17, 15) is 35.9 Å². The number of aryl methyl sites for hydroxylation is 1. The Hall–Kier alpha value is -4.47. The molecule has 0 radical (unpaired) electrons. The number of alkyl halides is 6. The molecule has 4 aromatic rings. The van der Waals surface area contributed by atoms with E-state index < -0.39 is 29.4 Å². The lowest BCUT2D eigenvalue weighted by Crippen LogP contribution is -2.27. The Morgan fingerprint density at radius 1 is 0.775 bits per heavy atom. The number of carbonyl (C=O) groups excluding carboxylic acids is 2. The van der Waals surface area contributed by atoms with Crippen molar-refractivity contribution in [1.29, 1.82) is 0 Å². The number of hydrogen-bond acceptors (Lipinski definition) is 3. The smallest absolute Gasteiger partial charge is 0.352 e. The van der Waals surface area contributed by atoms with Crippen LogP contribution in [0.3, 0.4) is 0 Å². The zero-order chi connectivity index (χ0) is 29.1. The number of aromatic nitrogens is 1. The molecule has 4 rings (SSSR count). The molecule has 0 saturated heterocycles. The van der Waals surface area contributed by atoms with Gasteiger partial charge in [0.25, 0.3) is 5.91 Å². The van der Waals surface area contributed by atoms with Gasteiger partial charge in [0.05, 0.1) is 16.7 Å². The van der Waals surface area contributed by atoms with E-state index in [1.165, 1.54) is 12.3 Å². The molecule has 1 heterocycles. The van der Waals surface area contributed by atoms with Crippen LogP contribution >= 0.6 is 0 Å². The summed E-state index contributed by atoms with van der Waals surface area (Å²) in [5.74, 6) is -1.00. The Labute approximate surface area is 225 Å². The maximum Gasteiger partial charge on any atom is 0.416 e. The van der Waals surface area contributed by atoms with Gasteiger partial charge in [0.1, 0.15) is 5.69 Å². The topological polar surface area (TPSA) is 59.1 Å². The van der Waals surface area contributed by atoms with Gasteiger partial charge >= 0.3 is 12.4 Å². The van der Waals surface area contributed by atoms with Crippen molar-refractivity contribution in [2.45, 2.75) is 25.7 Å². The first-order valence-corrected chi connectivity index (χ1v) is 12.1. The number of halogens is 6. The van der Waals surface area contributed by atoms with E-state index in [-0.39, 0.29) is 41.6 Å². The van der Waals surface area contributed by atoms with Crippen molar-refractivity contribution in [3.8, 4) is 11.1 Å². The zero-order valence-corrected chi connectivity index (χ0v) is 21.0. The van der Waals surface area contributed by atoms with Gasteiger partial charge in [-0.3, -0.25) is 14.6 Å². The standard InChI is InChI=1S/C30H22F6N2O2/c1-18-7-5-6-10-23(18)24-16-26(27(39)20-8-3-2-4-9-20)38-17-25(24)28(40)37-12-11-19-13-21(29(31,32)33)15-22(14-19)30(34,35)36/h2-10,13-17H,11-12H2,1H3,(H,37,40). The largest absolute Gasteiger partial charge is 0.416 e. The third-order valence-corrected chi connectivity index (χ3v) is 6.20. The average molecular weight is 557 g/mol. The van der Waals surface area contributed by atoms with Gasteiger partial charge in [-0.05, 0) is 59.9 Å². The molecule has 0 saturated carbocycles. The van der Waals surface area contributed by atoms with E-state index in [0.717, 1.165) is 5.56 Å². The number of carbonyl (C=O) groups is 2. The van der Waals surface area contributed by atoms with Crippen molar-refractivity contribution in [3.05, 3.63) is 124 Å². The molecule has 0 aliphatic heterocycles. The third kappa shape index (κ3) is 6.56. The average Bonchev–Trinajstić information content (AvgIpc) is 2.92. The zero-order valence-electron chi connectivity index (χ0n) is 21.0. The van der Waals surface area contributed by atoms with Crippen LogP contribution in [0.5, 0.6) is 0 Å². The van der Waals surface area contributed by atoms with Gasteiger partial charge in [-0.1, -0.05) is 54.6 Å². The van der Waals surface area contributed by atoms with Crippen LogP contribution in [0.1, 0.15) is 48.7 Å². The predicted molar refractivity (Wildman–Crippen MR) is 137 cm³/mol. The van der Waals surface area contributed by atoms with Crippen LogP contribution in [0.2, 0.25) is 0 Å². The van der Waals surface area contributed by atoms with E-state index in [4.69, 9.17) is 0 Å². The molecular weight excluding hydrogens is 534 g/mol. The fourth-order valence-electron chi connectivity index (χ4n) is 4.18. The van der Waals surface area contributed by atoms with Crippen LogP contribution in [0.15, 0.2) is 85.1 Å². The number of ketones is 1. The summed E-state index contributed by atoms with van der Waals surface area (Å²) < 4.78 is 79.1. The lowest BCUT2D eigenvalue weighted by atomic mass is 9.95. The molecule has 10 heteroatoms. The van der Waals surface area contributed by atoms with Crippen molar-refractivity contribution in [2.24, 2.45) is 0 Å². The molecule has 0 fully saturated rings. The fourth-order valence-corrected chi connectivity index (χ4v) is 4.18. The van der Waals surface area contributed by atoms with Gasteiger partial charge in [0.15, 0.2) is 0 Å². The molecule has 0 aliphatic rings. The molecule has 206 valence electrons. The summed E-state index contributed by atoms with van der Waals surface area (Å²) in [7, 11) is 0. The van der Waals surface area contributed by atoms with Crippen LogP contribution in [0, 0.1) is 6.92 Å². The number of benzene rings is 3. The molecule has 40 heavy (non-hydrogen) atoms. The first-order chi connectivity index (χ1) is 18.8. The number of hydrogen-bond donors (Lipinski definition) is 1. The summed E-state index contributed by atoms with van der Waals surface area (Å²) in [6.07, 6.45) is -8.98. The van der Waals surface area contributed by atoms with Crippen LogP contribution in [-0.4, -0.2) is 23.2 Å². The monoisotopic (exact) mass is 556 g/mol. The summed E-state index contributed by atoms with van der Waals surface area (Å²) in [6.45, 7) is 1.58. The maximum absolute atomic E-state index is 13.2. The summed E-state index contributed by atoms with van der Waals surface area (Å²) in [6, 6.07) is 18.4. The molecular formula is C30H22F6N2O2. The first-order valence-electron chi connectivity index (χ1n) is 12.1. The third-order valence-electron chi connectivity index (χ3n) is 6.20. The molecule has 1 aromatic heterocycles. The van der Waals surface area contributed by atoms with E-state index in [0.29, 0.717) is 28.8 Å². The van der Waals surface area contributed by atoms with Crippen molar-refractivity contribution >= 4 is 11.7 Å². The highest BCUT2D eigenvalue weighted by Gasteiger charge is 2.36. The molecule has 0 spiro atoms. The highest BCUT2D eigenvalue weighted by atomic mass is 19.4. The molecule has 3 aromatic carbocycles. The first kappa shape index (κ1) is 28.5. The second-order valence-corrected chi connectivity index (χ2v) is 9.05. The van der Waals surface area contributed by atoms with Crippen LogP contribution < -0.4 is 5.32 Å². The molecule has 0 atom stereocenters. The normalized spacial score (nSPS) is 11.8. The lowest BCUT2D eigenvalue weighted by molar-refractivity contribution is -0.143. The van der Waals surface area contributed by atoms with E-state index in [1.807, 2.05) is 13.0 Å². The Balaban J connectivity index is 1.61. The van der Waals surface area contributed by atoms with Gasteiger partial charge in [-0.2, -0.15) is 26.3 Å². The summed E-state index contributed by atoms with van der Waals surface area (Å²) in [5, 5.41) is 2.55. The quantitative estimate of drug-likeness (QED) is 0.192. The maximum atomic E-state index is 13.2. The van der Waals surface area contributed by atoms with Gasteiger partial charge in [0, 0.05) is 18.3 Å². The van der Waals surface area contributed by atoms with Crippen molar-refractivity contribution < 1.29 is 35.9 Å². The Morgan fingerprint density at radius 3 is 1.98 bits per heavy atom. The lowest BCUT2D eigenvalue weighted by Gasteiger charge is -2.15. The second kappa shape index (κ2) is 11.3. The van der Waals surface area contributed by atoms with E-state index >= 15 is 0 Å². The minimum absolute atomic E-state index is 0.0561. The minimum atomic E-state index is -4.97. The number of nitrogens with one attached hydrogen (secondary N) is 1. The van der Waals surface area contributed by atoms with E-state index in [1.54, 1.807) is 48.5 Å². The highest BCUT2D eigenvalue weighted by Crippen LogP contribution is 2.36. The SMILES string of the molecule is Cc1ccccc1-c1cc(C(=O)c2ccccc2)ncc1C(=O)NCCc1cc(C(F)(F)F)cc(C(F)(F)F)c1. The van der Waals surface area contributed by atoms with Crippen LogP contribution in [-0.2, 0) is 18.8 Å². The molecule has 0 aliphatic carbocycles. The van der Waals surface area contributed by atoms with Gasteiger partial charge in [0.2, 0.25) is 5.78 Å². The molecule has 0 bridgehead atoms. The number of amides is 1. The highest BCUT2D eigenvalue weighted by molar-refractivity contribution is 6.09. The Kier molecular flexibility index (Phi) is 8.08. The van der Waals surface area contributed by atoms with Crippen LogP contribution in [0.25, 0.3) is 11.1 Å². The Morgan fingerprint density at radius 2 is 1.38 bits per heavy atom. The molecule has 1 amide bonds. The van der Waals surface area contributed by atoms with Gasteiger partial charge < -0.3 is 5.32 Å². The number of rotatable bonds is 7. The van der Waals surface area contributed by atoms with Crippen molar-refractivity contribution in [1.82, 2.24) is 10.3 Å². The van der Waals surface area contributed by atoms with Crippen molar-refractivity contribution in [3.63, 3.8) is 0 Å². The molecule has 0 unspecified atom stereocenters. The Bertz CT molecular complexity index is 1510. The van der Waals surface area contributed by atoms with Gasteiger partial charge in [-0.25, -0.2) is 0 Å². The minimum Gasteiger partial charge on any atom is -0.352 e. The molecule has 4 nitrogen and oxygen atoms in total. The fraction of sp³-hybridized carbons (Fsp3) is 0.167. The van der Waals surface area contributed by atoms with E-state index in [2.05, 4.69) is 10.3 Å². The predicted octanol–water partition coefficient (Wildman–Crippen LogP) is 7.30. The summed E-state index contributed by atoms with van der Waals surface area (Å²) >= 11 is 0. The van der Waals surface area contributed by atoms with Gasteiger partial charge in [-0.15, -0.1) is 0 Å². The van der Waals surface area contributed by atoms with Crippen LogP contribution in [0.4, 0.5) is 26.3 Å². The summed E-state index contributed by atoms with van der Waals surface area (Å²) in [5.41, 5.74) is -0.603. The molecule has 1 N–H and O–H groups in total.